The van der Waals surface area contributed by atoms with Crippen LogP contribution in [-0.2, 0) is 31.4 Å². The Labute approximate surface area is 236 Å². The van der Waals surface area contributed by atoms with Crippen molar-refractivity contribution < 1.29 is 36.2 Å². The zero-order chi connectivity index (χ0) is 29.2. The van der Waals surface area contributed by atoms with Crippen LogP contribution in [0.1, 0.15) is 36.6 Å². The van der Waals surface area contributed by atoms with Gasteiger partial charge < -0.3 is 14.2 Å². The molecule has 0 N–H and O–H groups in total. The molecule has 2 aromatic heterocycles. The SMILES string of the molecule is CCc1ccc(Oc2cccnc2OC(F)F)c([C@]2(C(=O)CS(=O)(=O)c3cccc4nc(C)ccc34)CCCO2)c1. The molecule has 1 saturated heterocycles. The number of halogens is 2. The predicted octanol–water partition coefficient (Wildman–Crippen LogP) is 5.94. The number of nitrogens with zero attached hydrogens (tertiary/aromatic N) is 2. The first kappa shape index (κ1) is 28.6. The molecule has 0 radical (unpaired) electrons. The fraction of sp³-hybridized carbons (Fsp3) is 0.300. The average molecular weight is 583 g/mol. The maximum atomic E-state index is 14.1. The number of carbonyl (C=O) groups is 1. The van der Waals surface area contributed by atoms with E-state index in [2.05, 4.69) is 14.7 Å². The summed E-state index contributed by atoms with van der Waals surface area (Å²) in [6, 6.07) is 16.2. The van der Waals surface area contributed by atoms with E-state index in [1.165, 1.54) is 24.4 Å². The molecule has 0 unspecified atom stereocenters. The Morgan fingerprint density at radius 2 is 1.93 bits per heavy atom. The molecule has 0 saturated carbocycles. The fourth-order valence-corrected chi connectivity index (χ4v) is 6.56. The van der Waals surface area contributed by atoms with E-state index in [0.29, 0.717) is 29.3 Å². The lowest BCUT2D eigenvalue weighted by Gasteiger charge is -2.30. The Kier molecular flexibility index (Phi) is 8.01. The molecule has 5 rings (SSSR count). The van der Waals surface area contributed by atoms with E-state index in [1.807, 2.05) is 13.8 Å². The molecule has 0 spiro atoms. The minimum absolute atomic E-state index is 0.00642. The normalized spacial score (nSPS) is 17.2. The third-order valence-corrected chi connectivity index (χ3v) is 8.67. The number of rotatable bonds is 10. The Morgan fingerprint density at radius 1 is 1.10 bits per heavy atom. The van der Waals surface area contributed by atoms with Crippen LogP contribution in [0.15, 0.2) is 71.8 Å². The van der Waals surface area contributed by atoms with Gasteiger partial charge >= 0.3 is 6.61 Å². The number of aromatic nitrogens is 2. The van der Waals surface area contributed by atoms with E-state index in [0.717, 1.165) is 11.3 Å². The van der Waals surface area contributed by atoms with Gasteiger partial charge in [0.15, 0.2) is 27.0 Å². The van der Waals surface area contributed by atoms with Gasteiger partial charge in [0.05, 0.1) is 10.4 Å². The quantitative estimate of drug-likeness (QED) is 0.226. The Morgan fingerprint density at radius 3 is 2.66 bits per heavy atom. The lowest BCUT2D eigenvalue weighted by Crippen LogP contribution is -2.39. The zero-order valence-electron chi connectivity index (χ0n) is 22.5. The van der Waals surface area contributed by atoms with Gasteiger partial charge in [-0.1, -0.05) is 19.1 Å². The van der Waals surface area contributed by atoms with Gasteiger partial charge in [-0.3, -0.25) is 9.78 Å². The van der Waals surface area contributed by atoms with Crippen molar-refractivity contribution in [2.75, 3.05) is 12.4 Å². The molecule has 2 aromatic carbocycles. The molecular weight excluding hydrogens is 554 g/mol. The second kappa shape index (κ2) is 11.5. The Bertz CT molecular complexity index is 1700. The van der Waals surface area contributed by atoms with Crippen LogP contribution in [0.25, 0.3) is 10.9 Å². The molecule has 8 nitrogen and oxygen atoms in total. The average Bonchev–Trinajstić information content (AvgIpc) is 3.45. The number of hydrogen-bond acceptors (Lipinski definition) is 8. The largest absolute Gasteiger partial charge is 0.451 e. The highest BCUT2D eigenvalue weighted by atomic mass is 32.2. The molecule has 1 atom stereocenters. The van der Waals surface area contributed by atoms with Crippen LogP contribution in [0, 0.1) is 6.92 Å². The van der Waals surface area contributed by atoms with Gasteiger partial charge in [0, 0.05) is 29.4 Å². The molecule has 214 valence electrons. The summed E-state index contributed by atoms with van der Waals surface area (Å²) in [5, 5.41) is 0.424. The molecule has 1 fully saturated rings. The number of pyridine rings is 2. The van der Waals surface area contributed by atoms with E-state index in [4.69, 9.17) is 9.47 Å². The summed E-state index contributed by atoms with van der Waals surface area (Å²) in [5.74, 6) is -1.84. The van der Waals surface area contributed by atoms with Crippen molar-refractivity contribution in [3.05, 3.63) is 83.7 Å². The Hall–Kier alpha value is -3.96. The lowest BCUT2D eigenvalue weighted by atomic mass is 9.85. The third kappa shape index (κ3) is 5.77. The van der Waals surface area contributed by atoms with E-state index in [9.17, 15) is 22.0 Å². The number of ketones is 1. The van der Waals surface area contributed by atoms with Crippen molar-refractivity contribution in [3.8, 4) is 17.4 Å². The minimum Gasteiger partial charge on any atom is -0.451 e. The topological polar surface area (TPSA) is 105 Å². The number of Topliss-reactive ketones (excluding diaryl/α,β-unsaturated/α-hetero) is 1. The van der Waals surface area contributed by atoms with Crippen LogP contribution < -0.4 is 9.47 Å². The molecular formula is C30H28F2N2O6S. The number of sulfone groups is 1. The molecule has 11 heteroatoms. The third-order valence-electron chi connectivity index (χ3n) is 7.00. The lowest BCUT2D eigenvalue weighted by molar-refractivity contribution is -0.137. The second-order valence-corrected chi connectivity index (χ2v) is 11.7. The number of alkyl halides is 2. The van der Waals surface area contributed by atoms with Crippen molar-refractivity contribution in [3.63, 3.8) is 0 Å². The number of carbonyl (C=O) groups excluding carboxylic acids is 1. The molecule has 4 aromatic rings. The molecule has 0 bridgehead atoms. The summed E-state index contributed by atoms with van der Waals surface area (Å²) in [6.07, 6.45) is 2.62. The molecule has 1 aliphatic heterocycles. The summed E-state index contributed by atoms with van der Waals surface area (Å²) in [5.41, 5.74) is 0.787. The van der Waals surface area contributed by atoms with Crippen LogP contribution in [-0.4, -0.2) is 43.1 Å². The first-order chi connectivity index (χ1) is 19.6. The predicted molar refractivity (Wildman–Crippen MR) is 147 cm³/mol. The standard InChI is InChI=1S/C30H28F2N2O6S/c1-3-20-11-13-24(39-25-8-5-15-33-28(25)40-29(31)32)22(17-20)30(14-6-16-38-30)27(35)18-41(36,37)26-9-4-7-23-21(26)12-10-19(2)34-23/h4-5,7-13,15,17,29H,3,6,14,16,18H2,1-2H3/t30-/m0/s1. The van der Waals surface area contributed by atoms with Gasteiger partial charge in [0.25, 0.3) is 5.88 Å². The molecule has 3 heterocycles. The van der Waals surface area contributed by atoms with E-state index in [1.54, 1.807) is 42.5 Å². The Balaban J connectivity index is 1.56. The number of fused-ring (bicyclic) bond motifs is 1. The first-order valence-electron chi connectivity index (χ1n) is 13.1. The van der Waals surface area contributed by atoms with E-state index < -0.39 is 39.5 Å². The van der Waals surface area contributed by atoms with E-state index in [-0.39, 0.29) is 29.4 Å². The number of hydrogen-bond donors (Lipinski definition) is 0. The van der Waals surface area contributed by atoms with Crippen molar-refractivity contribution in [1.29, 1.82) is 0 Å². The van der Waals surface area contributed by atoms with Gasteiger partial charge in [-0.05, 0) is 80.3 Å². The summed E-state index contributed by atoms with van der Waals surface area (Å²) in [7, 11) is -4.11. The van der Waals surface area contributed by atoms with Crippen molar-refractivity contribution in [2.24, 2.45) is 0 Å². The van der Waals surface area contributed by atoms with Gasteiger partial charge in [-0.25, -0.2) is 13.4 Å². The highest BCUT2D eigenvalue weighted by molar-refractivity contribution is 7.92. The maximum absolute atomic E-state index is 14.1. The highest BCUT2D eigenvalue weighted by Crippen LogP contribution is 2.45. The van der Waals surface area contributed by atoms with Gasteiger partial charge in [0.2, 0.25) is 0 Å². The van der Waals surface area contributed by atoms with Gasteiger partial charge in [-0.15, -0.1) is 0 Å². The second-order valence-electron chi connectivity index (χ2n) is 9.71. The smallest absolute Gasteiger partial charge is 0.388 e. The summed E-state index contributed by atoms with van der Waals surface area (Å²) >= 11 is 0. The highest BCUT2D eigenvalue weighted by Gasteiger charge is 2.48. The van der Waals surface area contributed by atoms with Crippen molar-refractivity contribution in [2.45, 2.75) is 50.2 Å². The minimum atomic E-state index is -4.11. The van der Waals surface area contributed by atoms with Crippen LogP contribution in [0.5, 0.6) is 17.4 Å². The molecule has 41 heavy (non-hydrogen) atoms. The van der Waals surface area contributed by atoms with Crippen LogP contribution in [0.4, 0.5) is 8.78 Å². The van der Waals surface area contributed by atoms with Crippen LogP contribution >= 0.6 is 0 Å². The summed E-state index contributed by atoms with van der Waals surface area (Å²) in [6.45, 7) is 0.841. The fourth-order valence-electron chi connectivity index (χ4n) is 5.04. The molecule has 0 aliphatic carbocycles. The van der Waals surface area contributed by atoms with E-state index >= 15 is 0 Å². The first-order valence-corrected chi connectivity index (χ1v) is 14.8. The van der Waals surface area contributed by atoms with Crippen molar-refractivity contribution in [1.82, 2.24) is 9.97 Å². The van der Waals surface area contributed by atoms with Gasteiger partial charge in [0.1, 0.15) is 11.5 Å². The molecule has 0 amide bonds. The zero-order valence-corrected chi connectivity index (χ0v) is 23.3. The number of aryl methyl sites for hydroxylation is 2. The summed E-state index contributed by atoms with van der Waals surface area (Å²) in [4.78, 5) is 22.3. The number of benzene rings is 2. The molecule has 1 aliphatic rings. The van der Waals surface area contributed by atoms with Crippen LogP contribution in [0.3, 0.4) is 0 Å². The monoisotopic (exact) mass is 582 g/mol. The van der Waals surface area contributed by atoms with Crippen molar-refractivity contribution >= 4 is 26.5 Å². The van der Waals surface area contributed by atoms with Gasteiger partial charge in [-0.2, -0.15) is 8.78 Å². The summed E-state index contributed by atoms with van der Waals surface area (Å²) < 4.78 is 70.0. The maximum Gasteiger partial charge on any atom is 0.388 e. The number of ether oxygens (including phenoxy) is 3. The van der Waals surface area contributed by atoms with Crippen LogP contribution in [0.2, 0.25) is 0 Å².